The minimum Gasteiger partial charge on any atom is -0.478 e. The zero-order valence-electron chi connectivity index (χ0n) is 16.2. The van der Waals surface area contributed by atoms with Crippen molar-refractivity contribution in [3.63, 3.8) is 0 Å². The van der Waals surface area contributed by atoms with E-state index in [4.69, 9.17) is 9.47 Å². The number of benzene rings is 3. The summed E-state index contributed by atoms with van der Waals surface area (Å²) in [6, 6.07) is 22.0. The molecule has 0 spiro atoms. The molecule has 0 saturated heterocycles. The Bertz CT molecular complexity index is 1100. The molecule has 4 heteroatoms. The van der Waals surface area contributed by atoms with Crippen molar-refractivity contribution in [2.24, 2.45) is 0 Å². The number of hydrogen-bond donors (Lipinski definition) is 0. The van der Waals surface area contributed by atoms with Crippen LogP contribution < -0.4 is 9.47 Å². The zero-order valence-corrected chi connectivity index (χ0v) is 16.2. The highest BCUT2D eigenvalue weighted by molar-refractivity contribution is 6.15. The number of fused-ring (bicyclic) bond motifs is 3. The number of ketones is 1. The molecule has 0 aromatic heterocycles. The van der Waals surface area contributed by atoms with Gasteiger partial charge in [-0.2, -0.15) is 0 Å². The van der Waals surface area contributed by atoms with E-state index in [1.54, 1.807) is 6.08 Å². The summed E-state index contributed by atoms with van der Waals surface area (Å²) in [5, 5.41) is 0. The molecule has 0 atom stereocenters. The van der Waals surface area contributed by atoms with Crippen molar-refractivity contribution in [3.8, 4) is 11.5 Å². The summed E-state index contributed by atoms with van der Waals surface area (Å²) in [7, 11) is 0. The third-order valence-corrected chi connectivity index (χ3v) is 5.33. The number of carbonyl (C=O) groups is 1. The van der Waals surface area contributed by atoms with E-state index in [-0.39, 0.29) is 5.78 Å². The second-order valence-electron chi connectivity index (χ2n) is 7.47. The van der Waals surface area contributed by atoms with Crippen LogP contribution in [0.2, 0.25) is 0 Å². The first-order valence-corrected chi connectivity index (χ1v) is 9.74. The maximum absolute atomic E-state index is 13.0. The highest BCUT2D eigenvalue weighted by Crippen LogP contribution is 2.44. The van der Waals surface area contributed by atoms with Crippen LogP contribution >= 0.6 is 0 Å². The number of hydrogen-bond acceptors (Lipinski definition) is 4. The summed E-state index contributed by atoms with van der Waals surface area (Å²) < 4.78 is 12.1. The van der Waals surface area contributed by atoms with Crippen LogP contribution in [0.4, 0.5) is 0 Å². The van der Waals surface area contributed by atoms with Gasteiger partial charge in [-0.3, -0.25) is 9.69 Å². The highest BCUT2D eigenvalue weighted by atomic mass is 16.5. The molecule has 2 aliphatic rings. The van der Waals surface area contributed by atoms with Crippen molar-refractivity contribution in [2.45, 2.75) is 20.0 Å². The highest BCUT2D eigenvalue weighted by Gasteiger charge is 2.35. The number of Topliss-reactive ketones (excluding diaryl/α,β-unsaturated/α-hetero) is 1. The van der Waals surface area contributed by atoms with E-state index < -0.39 is 0 Å². The summed E-state index contributed by atoms with van der Waals surface area (Å²) in [5.41, 5.74) is 4.65. The Kier molecular flexibility index (Phi) is 4.41. The molecule has 2 aliphatic heterocycles. The fourth-order valence-electron chi connectivity index (χ4n) is 3.92. The summed E-state index contributed by atoms with van der Waals surface area (Å²) in [6.45, 7) is 3.91. The van der Waals surface area contributed by atoms with E-state index in [1.165, 1.54) is 5.56 Å². The molecule has 29 heavy (non-hydrogen) atoms. The monoisotopic (exact) mass is 383 g/mol. The first-order chi connectivity index (χ1) is 14.2. The molecule has 4 nitrogen and oxygen atoms in total. The fourth-order valence-corrected chi connectivity index (χ4v) is 3.92. The van der Waals surface area contributed by atoms with E-state index in [1.807, 2.05) is 61.5 Å². The van der Waals surface area contributed by atoms with E-state index in [2.05, 4.69) is 17.0 Å². The van der Waals surface area contributed by atoms with Crippen LogP contribution in [0, 0.1) is 6.92 Å². The van der Waals surface area contributed by atoms with E-state index in [9.17, 15) is 4.79 Å². The standard InChI is InChI=1S/C25H21NO3/c1-17-12-21-20(15-26(16-28-21)14-19-10-6-3-7-11-19)25-23(17)24(27)22(29-25)13-18-8-4-2-5-9-18/h2-13H,14-16H2,1H3/b22-13-. The number of ether oxygens (including phenoxy) is 2. The molecule has 0 radical (unpaired) electrons. The van der Waals surface area contributed by atoms with Crippen molar-refractivity contribution >= 4 is 11.9 Å². The largest absolute Gasteiger partial charge is 0.478 e. The smallest absolute Gasteiger partial charge is 0.232 e. The van der Waals surface area contributed by atoms with Crippen molar-refractivity contribution in [1.29, 1.82) is 0 Å². The number of nitrogens with zero attached hydrogens (tertiary/aromatic N) is 1. The number of aryl methyl sites for hydroxylation is 1. The maximum Gasteiger partial charge on any atom is 0.232 e. The van der Waals surface area contributed by atoms with Gasteiger partial charge < -0.3 is 9.47 Å². The molecule has 3 aromatic rings. The third-order valence-electron chi connectivity index (χ3n) is 5.33. The molecule has 3 aromatic carbocycles. The van der Waals surface area contributed by atoms with Crippen molar-refractivity contribution in [1.82, 2.24) is 4.90 Å². The molecule has 0 N–H and O–H groups in total. The molecule has 144 valence electrons. The molecule has 2 heterocycles. The Morgan fingerprint density at radius 1 is 1.03 bits per heavy atom. The molecular formula is C25H21NO3. The average molecular weight is 383 g/mol. The molecule has 0 unspecified atom stereocenters. The summed E-state index contributed by atoms with van der Waals surface area (Å²) >= 11 is 0. The summed E-state index contributed by atoms with van der Waals surface area (Å²) in [4.78, 5) is 15.2. The van der Waals surface area contributed by atoms with Gasteiger partial charge in [-0.15, -0.1) is 0 Å². The van der Waals surface area contributed by atoms with Crippen LogP contribution in [0.25, 0.3) is 6.08 Å². The minimum absolute atomic E-state index is 0.0654. The molecule has 0 amide bonds. The van der Waals surface area contributed by atoms with Gasteiger partial charge in [0.1, 0.15) is 18.2 Å². The van der Waals surface area contributed by atoms with Crippen LogP contribution in [-0.2, 0) is 13.1 Å². The van der Waals surface area contributed by atoms with Gasteiger partial charge in [-0.05, 0) is 35.8 Å². The van der Waals surface area contributed by atoms with Crippen molar-refractivity contribution in [2.75, 3.05) is 6.73 Å². The Morgan fingerprint density at radius 2 is 1.76 bits per heavy atom. The van der Waals surface area contributed by atoms with E-state index in [0.717, 1.165) is 29.0 Å². The maximum atomic E-state index is 13.0. The van der Waals surface area contributed by atoms with Crippen molar-refractivity contribution in [3.05, 3.63) is 100 Å². The lowest BCUT2D eigenvalue weighted by Crippen LogP contribution is -2.31. The van der Waals surface area contributed by atoms with Gasteiger partial charge in [0.2, 0.25) is 5.78 Å². The fraction of sp³-hybridized carbons (Fsp3) is 0.160. The molecule has 0 saturated carbocycles. The Labute approximate surface area is 170 Å². The van der Waals surface area contributed by atoms with Crippen LogP contribution in [-0.4, -0.2) is 17.4 Å². The molecule has 5 rings (SSSR count). The van der Waals surface area contributed by atoms with Gasteiger partial charge in [0, 0.05) is 13.1 Å². The van der Waals surface area contributed by atoms with Crippen LogP contribution in [0.5, 0.6) is 11.5 Å². The second kappa shape index (κ2) is 7.22. The number of carbonyl (C=O) groups excluding carboxylic acids is 1. The van der Waals surface area contributed by atoms with Crippen molar-refractivity contribution < 1.29 is 14.3 Å². The predicted molar refractivity (Wildman–Crippen MR) is 112 cm³/mol. The summed E-state index contributed by atoms with van der Waals surface area (Å²) in [5.74, 6) is 1.75. The second-order valence-corrected chi connectivity index (χ2v) is 7.47. The van der Waals surface area contributed by atoms with E-state index >= 15 is 0 Å². The van der Waals surface area contributed by atoms with Gasteiger partial charge >= 0.3 is 0 Å². The van der Waals surface area contributed by atoms with Gasteiger partial charge in [-0.1, -0.05) is 60.7 Å². The van der Waals surface area contributed by atoms with Gasteiger partial charge in [-0.25, -0.2) is 0 Å². The lowest BCUT2D eigenvalue weighted by atomic mass is 9.98. The predicted octanol–water partition coefficient (Wildman–Crippen LogP) is 4.96. The van der Waals surface area contributed by atoms with Gasteiger partial charge in [0.05, 0.1) is 11.1 Å². The van der Waals surface area contributed by atoms with Crippen LogP contribution in [0.15, 0.2) is 72.5 Å². The number of rotatable bonds is 3. The Hall–Kier alpha value is -3.37. The first kappa shape index (κ1) is 17.7. The first-order valence-electron chi connectivity index (χ1n) is 9.74. The molecular weight excluding hydrogens is 362 g/mol. The van der Waals surface area contributed by atoms with Gasteiger partial charge in [0.25, 0.3) is 0 Å². The summed E-state index contributed by atoms with van der Waals surface area (Å²) in [6.07, 6.45) is 1.81. The van der Waals surface area contributed by atoms with Crippen LogP contribution in [0.3, 0.4) is 0 Å². The SMILES string of the molecule is Cc1cc2c(c3c1C(=O)/C(=C/c1ccccc1)O3)CN(Cc1ccccc1)CO2. The topological polar surface area (TPSA) is 38.8 Å². The Morgan fingerprint density at radius 3 is 2.52 bits per heavy atom. The molecule has 0 fully saturated rings. The Balaban J connectivity index is 1.48. The third kappa shape index (κ3) is 3.32. The van der Waals surface area contributed by atoms with Gasteiger partial charge in [0.15, 0.2) is 5.76 Å². The van der Waals surface area contributed by atoms with E-state index in [0.29, 0.717) is 30.3 Å². The normalized spacial score (nSPS) is 16.9. The average Bonchev–Trinajstić information content (AvgIpc) is 3.07. The quantitative estimate of drug-likeness (QED) is 0.599. The minimum atomic E-state index is -0.0654. The van der Waals surface area contributed by atoms with Crippen LogP contribution in [0.1, 0.15) is 32.6 Å². The lowest BCUT2D eigenvalue weighted by molar-refractivity contribution is 0.0872. The molecule has 0 aliphatic carbocycles. The molecule has 0 bridgehead atoms. The number of allylic oxidation sites excluding steroid dienone is 1. The zero-order chi connectivity index (χ0) is 19.8. The lowest BCUT2D eigenvalue weighted by Gasteiger charge is -2.30.